The van der Waals surface area contributed by atoms with Crippen molar-refractivity contribution < 1.29 is 0 Å². The van der Waals surface area contributed by atoms with Crippen molar-refractivity contribution in [1.29, 1.82) is 0 Å². The monoisotopic (exact) mass is 283 g/mol. The van der Waals surface area contributed by atoms with Crippen LogP contribution in [0.4, 0.5) is 0 Å². The number of aryl methyl sites for hydroxylation is 2. The Hall–Kier alpha value is -2.16. The van der Waals surface area contributed by atoms with E-state index in [9.17, 15) is 0 Å². The van der Waals surface area contributed by atoms with Gasteiger partial charge in [-0.15, -0.1) is 0 Å². The molecule has 0 bridgehead atoms. The van der Waals surface area contributed by atoms with E-state index in [-0.39, 0.29) is 0 Å². The van der Waals surface area contributed by atoms with E-state index >= 15 is 0 Å². The van der Waals surface area contributed by atoms with Gasteiger partial charge in [-0.2, -0.15) is 0 Å². The molecule has 0 fully saturated rings. The molecule has 0 aliphatic rings. The van der Waals surface area contributed by atoms with Gasteiger partial charge in [-0.1, -0.05) is 39.8 Å². The molecule has 3 aromatic rings. The first-order valence-electron chi connectivity index (χ1n) is 7.61. The molecule has 1 N–H and O–H groups in total. The topological polar surface area (TPSA) is 41.6 Å². The molecule has 0 saturated carbocycles. The average molecular weight is 283 g/mol. The molecule has 3 heteroatoms. The second kappa shape index (κ2) is 8.20. The van der Waals surface area contributed by atoms with Crippen molar-refractivity contribution in [3.8, 4) is 11.3 Å². The van der Waals surface area contributed by atoms with Crippen LogP contribution >= 0.6 is 0 Å². The first-order chi connectivity index (χ1) is 10.2. The second-order valence-electron chi connectivity index (χ2n) is 4.30. The van der Waals surface area contributed by atoms with Gasteiger partial charge in [0.1, 0.15) is 5.82 Å². The molecule has 0 aliphatic heterocycles. The van der Waals surface area contributed by atoms with E-state index in [1.54, 1.807) is 0 Å². The largest absolute Gasteiger partial charge is 0.342 e. The summed E-state index contributed by atoms with van der Waals surface area (Å²) in [7, 11) is 0. The van der Waals surface area contributed by atoms with Gasteiger partial charge < -0.3 is 4.98 Å². The maximum absolute atomic E-state index is 4.48. The normalized spacial score (nSPS) is 9.43. The number of nitrogens with zero attached hydrogens (tertiary/aromatic N) is 2. The smallest absolute Gasteiger partial charge is 0.103 e. The van der Waals surface area contributed by atoms with Crippen LogP contribution in [0, 0.1) is 13.8 Å². The minimum absolute atomic E-state index is 0.920. The maximum atomic E-state index is 4.48. The molecule has 0 radical (unpaired) electrons. The van der Waals surface area contributed by atoms with E-state index in [0.717, 1.165) is 28.0 Å². The van der Waals surface area contributed by atoms with E-state index in [1.807, 2.05) is 47.0 Å². The summed E-state index contributed by atoms with van der Waals surface area (Å²) in [6.07, 6.45) is 3.72. The number of hydrogen-bond donors (Lipinski definition) is 1. The van der Waals surface area contributed by atoms with E-state index in [2.05, 4.69) is 46.1 Å². The van der Waals surface area contributed by atoms with Gasteiger partial charge in [-0.05, 0) is 31.5 Å². The fourth-order valence-electron chi connectivity index (χ4n) is 1.95. The van der Waals surface area contributed by atoms with E-state index in [4.69, 9.17) is 0 Å². The minimum Gasteiger partial charge on any atom is -0.342 e. The quantitative estimate of drug-likeness (QED) is 0.659. The second-order valence-corrected chi connectivity index (χ2v) is 4.30. The number of nitrogens with one attached hydrogen (secondary N) is 1. The number of pyridine rings is 1. The van der Waals surface area contributed by atoms with Crippen molar-refractivity contribution in [3.05, 3.63) is 48.0 Å². The molecule has 0 amide bonds. The predicted molar refractivity (Wildman–Crippen MR) is 91.5 cm³/mol. The number of imidazole rings is 1. The third-order valence-corrected chi connectivity index (χ3v) is 2.85. The summed E-state index contributed by atoms with van der Waals surface area (Å²) in [6.45, 7) is 12.0. The third kappa shape index (κ3) is 4.15. The number of aromatic nitrogens is 3. The molecule has 3 rings (SSSR count). The van der Waals surface area contributed by atoms with Gasteiger partial charge in [0.05, 0.1) is 17.4 Å². The van der Waals surface area contributed by atoms with Crippen LogP contribution in [0.25, 0.3) is 22.2 Å². The van der Waals surface area contributed by atoms with Crippen LogP contribution < -0.4 is 0 Å². The van der Waals surface area contributed by atoms with E-state index < -0.39 is 0 Å². The molecule has 2 heterocycles. The number of fused-ring (bicyclic) bond motifs is 1. The SMILES string of the molecule is CC.CC.Cc1ccc2cc(-c3cnc(C)[nH]3)cnc2c1. The third-order valence-electron chi connectivity index (χ3n) is 2.85. The number of benzene rings is 1. The van der Waals surface area contributed by atoms with Gasteiger partial charge in [0.2, 0.25) is 0 Å². The van der Waals surface area contributed by atoms with Gasteiger partial charge >= 0.3 is 0 Å². The number of H-pyrrole nitrogens is 1. The van der Waals surface area contributed by atoms with Gasteiger partial charge in [-0.3, -0.25) is 4.98 Å². The Labute approximate surface area is 127 Å². The lowest BCUT2D eigenvalue weighted by molar-refractivity contribution is 1.15. The van der Waals surface area contributed by atoms with Gasteiger partial charge in [0.25, 0.3) is 0 Å². The Bertz CT molecular complexity index is 684. The number of rotatable bonds is 1. The fourth-order valence-corrected chi connectivity index (χ4v) is 1.95. The van der Waals surface area contributed by atoms with E-state index in [1.165, 1.54) is 5.56 Å². The highest BCUT2D eigenvalue weighted by molar-refractivity contribution is 5.83. The number of aromatic amines is 1. The lowest BCUT2D eigenvalue weighted by Gasteiger charge is -2.02. The van der Waals surface area contributed by atoms with Crippen LogP contribution in [-0.4, -0.2) is 15.0 Å². The van der Waals surface area contributed by atoms with Gasteiger partial charge in [0, 0.05) is 17.1 Å². The highest BCUT2D eigenvalue weighted by Crippen LogP contribution is 2.21. The minimum atomic E-state index is 0.920. The van der Waals surface area contributed by atoms with Crippen molar-refractivity contribution in [2.24, 2.45) is 0 Å². The van der Waals surface area contributed by atoms with Gasteiger partial charge in [-0.25, -0.2) is 4.98 Å². The summed E-state index contributed by atoms with van der Waals surface area (Å²) in [5.41, 5.74) is 4.35. The Balaban J connectivity index is 0.000000510. The molecule has 2 aromatic heterocycles. The highest BCUT2D eigenvalue weighted by atomic mass is 14.9. The Kier molecular flexibility index (Phi) is 6.60. The zero-order valence-corrected chi connectivity index (χ0v) is 13.9. The summed E-state index contributed by atoms with van der Waals surface area (Å²) in [6, 6.07) is 8.43. The fraction of sp³-hybridized carbons (Fsp3) is 0.333. The molecule has 0 saturated heterocycles. The van der Waals surface area contributed by atoms with Crippen LogP contribution in [-0.2, 0) is 0 Å². The molecule has 0 atom stereocenters. The zero-order valence-electron chi connectivity index (χ0n) is 13.9. The van der Waals surface area contributed by atoms with Crippen molar-refractivity contribution in [1.82, 2.24) is 15.0 Å². The Morgan fingerprint density at radius 1 is 0.857 bits per heavy atom. The summed E-state index contributed by atoms with van der Waals surface area (Å²) in [4.78, 5) is 11.9. The zero-order chi connectivity index (χ0) is 15.8. The van der Waals surface area contributed by atoms with Crippen molar-refractivity contribution in [3.63, 3.8) is 0 Å². The molecular weight excluding hydrogens is 258 g/mol. The standard InChI is InChI=1S/C14H13N3.2C2H6/c1-9-3-4-11-6-12(7-16-13(11)5-9)14-8-15-10(2)17-14;2*1-2/h3-8H,1-2H3,(H,15,17);2*1-2H3. The van der Waals surface area contributed by atoms with Crippen LogP contribution in [0.15, 0.2) is 36.7 Å². The summed E-state index contributed by atoms with van der Waals surface area (Å²) in [5, 5.41) is 1.15. The molecule has 0 unspecified atom stereocenters. The van der Waals surface area contributed by atoms with Crippen LogP contribution in [0.3, 0.4) is 0 Å². The predicted octanol–water partition coefficient (Wildman–Crippen LogP) is 5.29. The summed E-state index contributed by atoms with van der Waals surface area (Å²) < 4.78 is 0. The summed E-state index contributed by atoms with van der Waals surface area (Å²) in [5.74, 6) is 0.920. The maximum Gasteiger partial charge on any atom is 0.103 e. The molecule has 0 spiro atoms. The lowest BCUT2D eigenvalue weighted by atomic mass is 10.1. The lowest BCUT2D eigenvalue weighted by Crippen LogP contribution is -1.84. The number of hydrogen-bond acceptors (Lipinski definition) is 2. The highest BCUT2D eigenvalue weighted by Gasteiger charge is 2.03. The summed E-state index contributed by atoms with van der Waals surface area (Å²) >= 11 is 0. The Morgan fingerprint density at radius 3 is 2.19 bits per heavy atom. The molecule has 21 heavy (non-hydrogen) atoms. The van der Waals surface area contributed by atoms with Crippen molar-refractivity contribution in [2.75, 3.05) is 0 Å². The molecule has 112 valence electrons. The van der Waals surface area contributed by atoms with Crippen LogP contribution in [0.5, 0.6) is 0 Å². The first kappa shape index (κ1) is 16.9. The Morgan fingerprint density at radius 2 is 1.57 bits per heavy atom. The molecule has 0 aliphatic carbocycles. The van der Waals surface area contributed by atoms with Crippen LogP contribution in [0.1, 0.15) is 39.1 Å². The average Bonchev–Trinajstić information content (AvgIpc) is 2.97. The first-order valence-corrected chi connectivity index (χ1v) is 7.61. The van der Waals surface area contributed by atoms with Crippen LogP contribution in [0.2, 0.25) is 0 Å². The van der Waals surface area contributed by atoms with Crippen molar-refractivity contribution in [2.45, 2.75) is 41.5 Å². The molecule has 1 aromatic carbocycles. The van der Waals surface area contributed by atoms with Gasteiger partial charge in [0.15, 0.2) is 0 Å². The van der Waals surface area contributed by atoms with E-state index in [0.29, 0.717) is 0 Å². The molecule has 3 nitrogen and oxygen atoms in total. The molecular formula is C18H25N3. The van der Waals surface area contributed by atoms with Crippen molar-refractivity contribution >= 4 is 10.9 Å².